The topological polar surface area (TPSA) is 79.3 Å². The van der Waals surface area contributed by atoms with Crippen molar-refractivity contribution in [3.8, 4) is 11.5 Å². The molecule has 188 valence electrons. The number of aliphatic hydroxyl groups is 1. The molecule has 1 aliphatic heterocycles. The zero-order valence-electron chi connectivity index (χ0n) is 21.1. The molecule has 1 fully saturated rings. The quantitative estimate of drug-likeness (QED) is 0.271. The summed E-state index contributed by atoms with van der Waals surface area (Å²) in [5, 5.41) is 11.2. The molecule has 7 heteroatoms. The molecule has 1 aliphatic rings. The zero-order chi connectivity index (χ0) is 25.4. The average molecular weight is 481 g/mol. The van der Waals surface area contributed by atoms with Gasteiger partial charge in [-0.25, -0.2) is 0 Å². The number of ketones is 1. The van der Waals surface area contributed by atoms with Crippen molar-refractivity contribution in [1.82, 2.24) is 9.80 Å². The first-order chi connectivity index (χ1) is 16.9. The van der Waals surface area contributed by atoms with Gasteiger partial charge in [0.1, 0.15) is 17.3 Å². The van der Waals surface area contributed by atoms with Crippen molar-refractivity contribution in [2.75, 3.05) is 40.4 Å². The van der Waals surface area contributed by atoms with E-state index in [4.69, 9.17) is 9.47 Å². The Labute approximate surface area is 207 Å². The smallest absolute Gasteiger partial charge is 0.295 e. The summed E-state index contributed by atoms with van der Waals surface area (Å²) in [7, 11) is 3.93. The largest absolute Gasteiger partial charge is 0.507 e. The molecule has 0 aliphatic carbocycles. The maximum atomic E-state index is 13.2. The highest BCUT2D eigenvalue weighted by Gasteiger charge is 2.45. The molecule has 1 N–H and O–H groups in total. The Morgan fingerprint density at radius 1 is 0.971 bits per heavy atom. The van der Waals surface area contributed by atoms with Gasteiger partial charge in [0, 0.05) is 12.1 Å². The molecule has 1 saturated heterocycles. The fourth-order valence-corrected chi connectivity index (χ4v) is 4.09. The maximum absolute atomic E-state index is 13.2. The van der Waals surface area contributed by atoms with Crippen LogP contribution in [0.15, 0.2) is 54.1 Å². The van der Waals surface area contributed by atoms with E-state index in [1.807, 2.05) is 57.1 Å². The van der Waals surface area contributed by atoms with Crippen molar-refractivity contribution in [2.24, 2.45) is 0 Å². The molecule has 1 unspecified atom stereocenters. The second-order valence-corrected chi connectivity index (χ2v) is 8.94. The molecule has 7 nitrogen and oxygen atoms in total. The van der Waals surface area contributed by atoms with E-state index < -0.39 is 17.7 Å². The van der Waals surface area contributed by atoms with E-state index in [1.54, 1.807) is 29.2 Å². The molecule has 3 rings (SSSR count). The Bertz CT molecular complexity index is 1050. The standard InChI is InChI=1S/C28H36N2O5/c1-5-17-34-22-13-11-20(12-14-22)26(31)24-25(21-9-7-10-23(19-21)35-18-6-2)30(28(33)27(24)32)16-8-15-29(3)4/h7,9-14,19,25,31H,5-6,8,15-18H2,1-4H3/b26-24+. The average Bonchev–Trinajstić information content (AvgIpc) is 3.11. The van der Waals surface area contributed by atoms with Crippen LogP contribution in [0.25, 0.3) is 5.76 Å². The number of nitrogens with zero attached hydrogens (tertiary/aromatic N) is 2. The van der Waals surface area contributed by atoms with Crippen molar-refractivity contribution in [2.45, 2.75) is 39.2 Å². The molecule has 35 heavy (non-hydrogen) atoms. The number of likely N-dealkylation sites (tertiary alicyclic amines) is 1. The Balaban J connectivity index is 2.03. The Morgan fingerprint density at radius 2 is 1.63 bits per heavy atom. The van der Waals surface area contributed by atoms with Gasteiger partial charge in [0.2, 0.25) is 0 Å². The van der Waals surface area contributed by atoms with Crippen LogP contribution in [0.3, 0.4) is 0 Å². The summed E-state index contributed by atoms with van der Waals surface area (Å²) in [4.78, 5) is 29.9. The van der Waals surface area contributed by atoms with Crippen molar-refractivity contribution < 1.29 is 24.2 Å². The first kappa shape index (κ1) is 26.3. The summed E-state index contributed by atoms with van der Waals surface area (Å²) in [6, 6.07) is 13.6. The van der Waals surface area contributed by atoms with Gasteiger partial charge in [-0.05, 0) is 81.9 Å². The SMILES string of the molecule is CCCOc1ccc(/C(O)=C2\C(=O)C(=O)N(CCCN(C)C)C2c2cccc(OCCC)c2)cc1. The highest BCUT2D eigenvalue weighted by Crippen LogP contribution is 2.40. The van der Waals surface area contributed by atoms with Crippen LogP contribution in [-0.2, 0) is 9.59 Å². The van der Waals surface area contributed by atoms with Gasteiger partial charge in [0.05, 0.1) is 24.8 Å². The number of aliphatic hydroxyl groups excluding tert-OH is 1. The minimum Gasteiger partial charge on any atom is -0.507 e. The van der Waals surface area contributed by atoms with Gasteiger partial charge in [0.15, 0.2) is 0 Å². The van der Waals surface area contributed by atoms with Crippen molar-refractivity contribution >= 4 is 17.4 Å². The molecule has 0 aromatic heterocycles. The Hall–Kier alpha value is -3.32. The summed E-state index contributed by atoms with van der Waals surface area (Å²) in [5.74, 6) is -0.113. The van der Waals surface area contributed by atoms with E-state index in [9.17, 15) is 14.7 Å². The normalized spacial score (nSPS) is 17.3. The fourth-order valence-electron chi connectivity index (χ4n) is 4.09. The molecule has 1 atom stereocenters. The first-order valence-corrected chi connectivity index (χ1v) is 12.3. The third-order valence-electron chi connectivity index (χ3n) is 5.79. The van der Waals surface area contributed by atoms with Crippen molar-refractivity contribution in [3.05, 3.63) is 65.2 Å². The fraction of sp³-hybridized carbons (Fsp3) is 0.429. The lowest BCUT2D eigenvalue weighted by atomic mass is 9.95. The molecule has 2 aromatic rings. The predicted molar refractivity (Wildman–Crippen MR) is 137 cm³/mol. The molecule has 1 amide bonds. The predicted octanol–water partition coefficient (Wildman–Crippen LogP) is 4.64. The van der Waals surface area contributed by atoms with Gasteiger partial charge in [0.25, 0.3) is 11.7 Å². The van der Waals surface area contributed by atoms with E-state index in [1.165, 1.54) is 0 Å². The summed E-state index contributed by atoms with van der Waals surface area (Å²) >= 11 is 0. The van der Waals surface area contributed by atoms with Crippen LogP contribution in [0.2, 0.25) is 0 Å². The van der Waals surface area contributed by atoms with E-state index in [2.05, 4.69) is 0 Å². The zero-order valence-corrected chi connectivity index (χ0v) is 21.1. The molecule has 0 saturated carbocycles. The van der Waals surface area contributed by atoms with Gasteiger partial charge in [-0.1, -0.05) is 26.0 Å². The van der Waals surface area contributed by atoms with Gasteiger partial charge in [-0.15, -0.1) is 0 Å². The van der Waals surface area contributed by atoms with Gasteiger partial charge >= 0.3 is 0 Å². The highest BCUT2D eigenvalue weighted by atomic mass is 16.5. The van der Waals surface area contributed by atoms with Gasteiger partial charge in [-0.2, -0.15) is 0 Å². The second kappa shape index (κ2) is 12.4. The Morgan fingerprint density at radius 3 is 2.26 bits per heavy atom. The van der Waals surface area contributed by atoms with E-state index in [0.717, 1.165) is 24.9 Å². The summed E-state index contributed by atoms with van der Waals surface area (Å²) in [6.45, 7) is 6.39. The molecular formula is C28H36N2O5. The van der Waals surface area contributed by atoms with E-state index in [0.29, 0.717) is 43.2 Å². The minimum atomic E-state index is -0.696. The molecule has 2 aromatic carbocycles. The van der Waals surface area contributed by atoms with Crippen LogP contribution in [-0.4, -0.2) is 67.0 Å². The number of benzene rings is 2. The molecule has 1 heterocycles. The van der Waals surface area contributed by atoms with Gasteiger partial charge in [-0.3, -0.25) is 9.59 Å². The monoisotopic (exact) mass is 480 g/mol. The van der Waals surface area contributed by atoms with Crippen LogP contribution in [0.4, 0.5) is 0 Å². The van der Waals surface area contributed by atoms with Crippen LogP contribution in [0.5, 0.6) is 11.5 Å². The Kier molecular flexibility index (Phi) is 9.32. The summed E-state index contributed by atoms with van der Waals surface area (Å²) in [5.41, 5.74) is 1.28. The minimum absolute atomic E-state index is 0.0923. The van der Waals surface area contributed by atoms with Crippen LogP contribution in [0, 0.1) is 0 Å². The summed E-state index contributed by atoms with van der Waals surface area (Å²) in [6.07, 6.45) is 2.46. The van der Waals surface area contributed by atoms with Crippen molar-refractivity contribution in [1.29, 1.82) is 0 Å². The lowest BCUT2D eigenvalue weighted by molar-refractivity contribution is -0.139. The first-order valence-electron chi connectivity index (χ1n) is 12.3. The molecule has 0 radical (unpaired) electrons. The number of hydrogen-bond donors (Lipinski definition) is 1. The number of hydrogen-bond acceptors (Lipinski definition) is 6. The second-order valence-electron chi connectivity index (χ2n) is 8.94. The number of ether oxygens (including phenoxy) is 2. The third-order valence-corrected chi connectivity index (χ3v) is 5.79. The maximum Gasteiger partial charge on any atom is 0.295 e. The summed E-state index contributed by atoms with van der Waals surface area (Å²) < 4.78 is 11.4. The lowest BCUT2D eigenvalue weighted by Gasteiger charge is -2.26. The third kappa shape index (κ3) is 6.42. The number of carbonyl (C=O) groups excluding carboxylic acids is 2. The van der Waals surface area contributed by atoms with Crippen molar-refractivity contribution in [3.63, 3.8) is 0 Å². The van der Waals surface area contributed by atoms with Gasteiger partial charge < -0.3 is 24.4 Å². The number of amides is 1. The van der Waals surface area contributed by atoms with Crippen LogP contribution in [0.1, 0.15) is 50.3 Å². The lowest BCUT2D eigenvalue weighted by Crippen LogP contribution is -2.32. The number of Topliss-reactive ketones (excluding diaryl/α,β-unsaturated/α-hetero) is 1. The van der Waals surface area contributed by atoms with E-state index >= 15 is 0 Å². The molecule has 0 spiro atoms. The molecule has 0 bridgehead atoms. The van der Waals surface area contributed by atoms with Crippen LogP contribution < -0.4 is 9.47 Å². The molecular weight excluding hydrogens is 444 g/mol. The number of rotatable bonds is 12. The highest BCUT2D eigenvalue weighted by molar-refractivity contribution is 6.46. The number of carbonyl (C=O) groups is 2. The van der Waals surface area contributed by atoms with Crippen LogP contribution >= 0.6 is 0 Å². The van der Waals surface area contributed by atoms with E-state index in [-0.39, 0.29) is 11.3 Å².